The van der Waals surface area contributed by atoms with Crippen LogP contribution in [-0.2, 0) is 13.2 Å². The second kappa shape index (κ2) is 7.21. The smallest absolute Gasteiger partial charge is 0.166 e. The number of nitrogens with one attached hydrogen (secondary N) is 1. The Balaban J connectivity index is 2.10. The van der Waals surface area contributed by atoms with Crippen LogP contribution >= 0.6 is 15.9 Å². The van der Waals surface area contributed by atoms with E-state index in [2.05, 4.69) is 44.2 Å². The summed E-state index contributed by atoms with van der Waals surface area (Å²) in [5.74, 6) is 1.52. The third-order valence-electron chi connectivity index (χ3n) is 2.58. The van der Waals surface area contributed by atoms with Crippen molar-refractivity contribution in [2.75, 3.05) is 6.54 Å². The van der Waals surface area contributed by atoms with Crippen LogP contribution in [0.25, 0.3) is 0 Å². The first-order valence-electron chi connectivity index (χ1n) is 6.18. The predicted molar refractivity (Wildman–Crippen MR) is 77.9 cm³/mol. The fraction of sp³-hybridized carbons (Fsp3) is 0.286. The maximum absolute atomic E-state index is 5.84. The number of para-hydroxylation sites is 1. The highest BCUT2D eigenvalue weighted by Crippen LogP contribution is 2.29. The molecule has 0 spiro atoms. The van der Waals surface area contributed by atoms with Gasteiger partial charge in [-0.05, 0) is 34.6 Å². The molecule has 2 aromatic rings. The molecule has 2 rings (SSSR count). The molecule has 1 N–H and O–H groups in total. The quantitative estimate of drug-likeness (QED) is 0.888. The zero-order valence-corrected chi connectivity index (χ0v) is 12.4. The van der Waals surface area contributed by atoms with Gasteiger partial charge in [-0.1, -0.05) is 19.1 Å². The number of nitrogens with zero attached hydrogens (tertiary/aromatic N) is 2. The van der Waals surface area contributed by atoms with E-state index in [4.69, 9.17) is 4.74 Å². The normalized spacial score (nSPS) is 10.4. The minimum absolute atomic E-state index is 0.364. The molecule has 0 aliphatic carbocycles. The van der Waals surface area contributed by atoms with Crippen LogP contribution in [0, 0.1) is 0 Å². The highest BCUT2D eigenvalue weighted by atomic mass is 79.9. The predicted octanol–water partition coefficient (Wildman–Crippen LogP) is 2.93. The van der Waals surface area contributed by atoms with Gasteiger partial charge in [0.25, 0.3) is 0 Å². The number of hydrogen-bond donors (Lipinski definition) is 1. The molecular formula is C14H16BrN3O. The van der Waals surface area contributed by atoms with E-state index in [1.54, 1.807) is 18.5 Å². The maximum atomic E-state index is 5.84. The third-order valence-corrected chi connectivity index (χ3v) is 3.20. The van der Waals surface area contributed by atoms with Gasteiger partial charge in [-0.3, -0.25) is 0 Å². The van der Waals surface area contributed by atoms with Crippen LogP contribution in [-0.4, -0.2) is 16.5 Å². The molecular weight excluding hydrogens is 306 g/mol. The first-order valence-corrected chi connectivity index (χ1v) is 6.97. The molecule has 100 valence electrons. The second-order valence-electron chi connectivity index (χ2n) is 3.96. The lowest BCUT2D eigenvalue weighted by Gasteiger charge is -2.13. The lowest BCUT2D eigenvalue weighted by molar-refractivity contribution is 0.290. The zero-order chi connectivity index (χ0) is 13.5. The molecule has 0 bridgehead atoms. The Bertz CT molecular complexity index is 519. The Kier molecular flexibility index (Phi) is 5.30. The number of ether oxygens (including phenoxy) is 1. The van der Waals surface area contributed by atoms with Gasteiger partial charge in [0, 0.05) is 24.5 Å². The molecule has 0 aliphatic heterocycles. The molecule has 0 amide bonds. The van der Waals surface area contributed by atoms with Crippen LogP contribution in [0.4, 0.5) is 0 Å². The molecule has 0 saturated heterocycles. The van der Waals surface area contributed by atoms with Gasteiger partial charge < -0.3 is 10.1 Å². The standard InChI is InChI=1S/C14H16BrN3O/c1-2-16-9-11-5-3-6-12(15)14(11)19-10-13-17-7-4-8-18-13/h3-8,16H,2,9-10H2,1H3. The molecule has 5 heteroatoms. The van der Waals surface area contributed by atoms with Crippen LogP contribution in [0.2, 0.25) is 0 Å². The molecule has 0 saturated carbocycles. The van der Waals surface area contributed by atoms with Gasteiger partial charge in [0.2, 0.25) is 0 Å². The first-order chi connectivity index (χ1) is 9.31. The van der Waals surface area contributed by atoms with E-state index in [0.29, 0.717) is 12.4 Å². The second-order valence-corrected chi connectivity index (χ2v) is 4.82. The third kappa shape index (κ3) is 4.01. The summed E-state index contributed by atoms with van der Waals surface area (Å²) in [6, 6.07) is 7.81. The number of aromatic nitrogens is 2. The first kappa shape index (κ1) is 14.0. The Morgan fingerprint density at radius 2 is 2.00 bits per heavy atom. The lowest BCUT2D eigenvalue weighted by atomic mass is 10.2. The molecule has 0 aliphatic rings. The van der Waals surface area contributed by atoms with Crippen molar-refractivity contribution in [1.82, 2.24) is 15.3 Å². The molecule has 0 atom stereocenters. The Morgan fingerprint density at radius 3 is 2.74 bits per heavy atom. The highest BCUT2D eigenvalue weighted by molar-refractivity contribution is 9.10. The van der Waals surface area contributed by atoms with E-state index in [1.165, 1.54) is 0 Å². The van der Waals surface area contributed by atoms with E-state index >= 15 is 0 Å². The average molecular weight is 322 g/mol. The van der Waals surface area contributed by atoms with E-state index < -0.39 is 0 Å². The van der Waals surface area contributed by atoms with E-state index in [9.17, 15) is 0 Å². The summed E-state index contributed by atoms with van der Waals surface area (Å²) < 4.78 is 6.78. The summed E-state index contributed by atoms with van der Waals surface area (Å²) in [6.45, 7) is 4.15. The van der Waals surface area contributed by atoms with Gasteiger partial charge in [-0.25, -0.2) is 9.97 Å². The van der Waals surface area contributed by atoms with Crippen molar-refractivity contribution >= 4 is 15.9 Å². The average Bonchev–Trinajstić information content (AvgIpc) is 2.45. The number of hydrogen-bond acceptors (Lipinski definition) is 4. The lowest BCUT2D eigenvalue weighted by Crippen LogP contribution is -2.13. The molecule has 0 radical (unpaired) electrons. The van der Waals surface area contributed by atoms with Crippen molar-refractivity contribution < 1.29 is 4.74 Å². The number of benzene rings is 1. The molecule has 0 fully saturated rings. The van der Waals surface area contributed by atoms with Crippen LogP contribution in [0.1, 0.15) is 18.3 Å². The summed E-state index contributed by atoms with van der Waals surface area (Å²) in [6.07, 6.45) is 3.43. The zero-order valence-electron chi connectivity index (χ0n) is 10.8. The van der Waals surface area contributed by atoms with Crippen molar-refractivity contribution in [2.24, 2.45) is 0 Å². The topological polar surface area (TPSA) is 47.0 Å². The van der Waals surface area contributed by atoms with E-state index in [1.807, 2.05) is 12.1 Å². The van der Waals surface area contributed by atoms with Crippen LogP contribution < -0.4 is 10.1 Å². The molecule has 1 aromatic heterocycles. The van der Waals surface area contributed by atoms with Crippen molar-refractivity contribution in [3.05, 3.63) is 52.5 Å². The van der Waals surface area contributed by atoms with Crippen LogP contribution in [0.5, 0.6) is 5.75 Å². The van der Waals surface area contributed by atoms with Gasteiger partial charge in [-0.2, -0.15) is 0 Å². The fourth-order valence-corrected chi connectivity index (χ4v) is 2.18. The van der Waals surface area contributed by atoms with E-state index in [-0.39, 0.29) is 0 Å². The molecule has 1 heterocycles. The maximum Gasteiger partial charge on any atom is 0.166 e. The highest BCUT2D eigenvalue weighted by Gasteiger charge is 2.08. The van der Waals surface area contributed by atoms with Gasteiger partial charge in [0.15, 0.2) is 5.82 Å². The van der Waals surface area contributed by atoms with Gasteiger partial charge >= 0.3 is 0 Å². The minimum atomic E-state index is 0.364. The van der Waals surface area contributed by atoms with Crippen molar-refractivity contribution in [2.45, 2.75) is 20.1 Å². The summed E-state index contributed by atoms with van der Waals surface area (Å²) >= 11 is 3.52. The summed E-state index contributed by atoms with van der Waals surface area (Å²) in [4.78, 5) is 8.30. The molecule has 19 heavy (non-hydrogen) atoms. The van der Waals surface area contributed by atoms with Crippen molar-refractivity contribution in [3.63, 3.8) is 0 Å². The van der Waals surface area contributed by atoms with Crippen molar-refractivity contribution in [1.29, 1.82) is 0 Å². The largest absolute Gasteiger partial charge is 0.484 e. The minimum Gasteiger partial charge on any atom is -0.484 e. The Labute approximate surface area is 121 Å². The number of halogens is 1. The SMILES string of the molecule is CCNCc1cccc(Br)c1OCc1ncccn1. The monoisotopic (exact) mass is 321 g/mol. The Morgan fingerprint density at radius 1 is 1.21 bits per heavy atom. The molecule has 4 nitrogen and oxygen atoms in total. The Hall–Kier alpha value is -1.46. The van der Waals surface area contributed by atoms with Gasteiger partial charge in [0.1, 0.15) is 12.4 Å². The summed E-state index contributed by atoms with van der Waals surface area (Å²) in [5, 5.41) is 3.30. The fourth-order valence-electron chi connectivity index (χ4n) is 1.66. The molecule has 1 aromatic carbocycles. The van der Waals surface area contributed by atoms with Crippen molar-refractivity contribution in [3.8, 4) is 5.75 Å². The summed E-state index contributed by atoms with van der Waals surface area (Å²) in [7, 11) is 0. The van der Waals surface area contributed by atoms with Gasteiger partial charge in [-0.15, -0.1) is 0 Å². The molecule has 0 unspecified atom stereocenters. The van der Waals surface area contributed by atoms with Crippen LogP contribution in [0.3, 0.4) is 0 Å². The van der Waals surface area contributed by atoms with Crippen LogP contribution in [0.15, 0.2) is 41.1 Å². The number of rotatable bonds is 6. The van der Waals surface area contributed by atoms with Gasteiger partial charge in [0.05, 0.1) is 4.47 Å². The summed E-state index contributed by atoms with van der Waals surface area (Å²) in [5.41, 5.74) is 1.12. The van der Waals surface area contributed by atoms with E-state index in [0.717, 1.165) is 28.9 Å².